The van der Waals surface area contributed by atoms with Gasteiger partial charge in [0.25, 0.3) is 0 Å². The van der Waals surface area contributed by atoms with Gasteiger partial charge >= 0.3 is 0 Å². The molecule has 0 radical (unpaired) electrons. The van der Waals surface area contributed by atoms with Crippen molar-refractivity contribution in [1.82, 2.24) is 10.6 Å². The molecular weight excluding hydrogens is 232 g/mol. The Balaban J connectivity index is 2.71. The highest BCUT2D eigenvalue weighted by Gasteiger charge is 2.22. The van der Waals surface area contributed by atoms with Gasteiger partial charge in [-0.3, -0.25) is 0 Å². The predicted octanol–water partition coefficient (Wildman–Crippen LogP) is 3.51. The Hall–Kier alpha value is -0.860. The summed E-state index contributed by atoms with van der Waals surface area (Å²) in [6, 6.07) is 8.79. The molecule has 0 atom stereocenters. The lowest BCUT2D eigenvalue weighted by Gasteiger charge is -2.32. The molecule has 0 spiro atoms. The van der Waals surface area contributed by atoms with Crippen LogP contribution in [0.3, 0.4) is 0 Å². The molecule has 1 rings (SSSR count). The molecule has 0 unspecified atom stereocenters. The lowest BCUT2D eigenvalue weighted by Crippen LogP contribution is -2.43. The molecule has 2 N–H and O–H groups in total. The lowest BCUT2D eigenvalue weighted by atomic mass is 9.89. The quantitative estimate of drug-likeness (QED) is 0.711. The highest BCUT2D eigenvalue weighted by Crippen LogP contribution is 2.20. The maximum Gasteiger partial charge on any atom is 0.0213 e. The van der Waals surface area contributed by atoms with Crippen LogP contribution in [0.15, 0.2) is 24.3 Å². The molecule has 0 aromatic heterocycles. The van der Waals surface area contributed by atoms with Crippen molar-refractivity contribution < 1.29 is 0 Å². The van der Waals surface area contributed by atoms with Gasteiger partial charge in [0.15, 0.2) is 0 Å². The summed E-state index contributed by atoms with van der Waals surface area (Å²) in [5.41, 5.74) is 3.20. The highest BCUT2D eigenvalue weighted by atomic mass is 15.0. The van der Waals surface area contributed by atoms with Crippen LogP contribution in [0.1, 0.15) is 51.2 Å². The molecule has 0 bridgehead atoms. The SMILES string of the molecule is CCC(CC)(CC)NCc1ccccc1CCNC. The minimum absolute atomic E-state index is 0.302. The van der Waals surface area contributed by atoms with E-state index in [0.717, 1.165) is 19.5 Å². The molecule has 0 heterocycles. The van der Waals surface area contributed by atoms with Gasteiger partial charge < -0.3 is 10.6 Å². The molecule has 0 aliphatic heterocycles. The maximum absolute atomic E-state index is 3.79. The van der Waals surface area contributed by atoms with Crippen LogP contribution in [0.2, 0.25) is 0 Å². The second kappa shape index (κ2) is 8.34. The van der Waals surface area contributed by atoms with Gasteiger partial charge in [-0.15, -0.1) is 0 Å². The van der Waals surface area contributed by atoms with Crippen molar-refractivity contribution in [1.29, 1.82) is 0 Å². The first-order chi connectivity index (χ1) is 9.21. The van der Waals surface area contributed by atoms with Crippen molar-refractivity contribution in [3.8, 4) is 0 Å². The van der Waals surface area contributed by atoms with E-state index < -0.39 is 0 Å². The van der Waals surface area contributed by atoms with Gasteiger partial charge in [0, 0.05) is 12.1 Å². The number of likely N-dealkylation sites (N-methyl/N-ethyl adjacent to an activating group) is 1. The molecule has 0 amide bonds. The molecule has 0 aliphatic rings. The van der Waals surface area contributed by atoms with Crippen molar-refractivity contribution in [2.75, 3.05) is 13.6 Å². The topological polar surface area (TPSA) is 24.1 Å². The standard InChI is InChI=1S/C17H30N2/c1-5-17(6-2,7-3)19-14-16-11-9-8-10-15(16)12-13-18-4/h8-11,18-19H,5-7,12-14H2,1-4H3. The number of rotatable bonds is 9. The van der Waals surface area contributed by atoms with E-state index in [1.54, 1.807) is 0 Å². The fourth-order valence-electron chi connectivity index (χ4n) is 2.64. The second-order valence-electron chi connectivity index (χ2n) is 5.32. The summed E-state index contributed by atoms with van der Waals surface area (Å²) in [5, 5.41) is 7.02. The van der Waals surface area contributed by atoms with Crippen LogP contribution in [0.25, 0.3) is 0 Å². The van der Waals surface area contributed by atoms with E-state index in [1.165, 1.54) is 30.4 Å². The van der Waals surface area contributed by atoms with Crippen LogP contribution >= 0.6 is 0 Å². The van der Waals surface area contributed by atoms with Crippen LogP contribution in [0, 0.1) is 0 Å². The summed E-state index contributed by atoms with van der Waals surface area (Å²) < 4.78 is 0. The molecule has 1 aromatic rings. The predicted molar refractivity (Wildman–Crippen MR) is 84.5 cm³/mol. The molecular formula is C17H30N2. The maximum atomic E-state index is 3.79. The van der Waals surface area contributed by atoms with Crippen LogP contribution in [0.4, 0.5) is 0 Å². The average Bonchev–Trinajstić information content (AvgIpc) is 2.48. The zero-order valence-corrected chi connectivity index (χ0v) is 13.1. The summed E-state index contributed by atoms with van der Waals surface area (Å²) in [7, 11) is 2.01. The fraction of sp³-hybridized carbons (Fsp3) is 0.647. The molecule has 1 aromatic carbocycles. The first kappa shape index (κ1) is 16.2. The fourth-order valence-corrected chi connectivity index (χ4v) is 2.64. The van der Waals surface area contributed by atoms with Gasteiger partial charge in [-0.2, -0.15) is 0 Å². The normalized spacial score (nSPS) is 11.8. The largest absolute Gasteiger partial charge is 0.319 e. The monoisotopic (exact) mass is 262 g/mol. The Morgan fingerprint density at radius 2 is 1.53 bits per heavy atom. The van der Waals surface area contributed by atoms with E-state index in [1.807, 2.05) is 7.05 Å². The Labute approximate surface area is 119 Å². The minimum Gasteiger partial charge on any atom is -0.319 e. The highest BCUT2D eigenvalue weighted by molar-refractivity contribution is 5.27. The zero-order chi connectivity index (χ0) is 14.1. The molecule has 0 aliphatic carbocycles. The van der Waals surface area contributed by atoms with Crippen molar-refractivity contribution in [3.63, 3.8) is 0 Å². The zero-order valence-electron chi connectivity index (χ0n) is 13.1. The van der Waals surface area contributed by atoms with Crippen molar-refractivity contribution in [2.24, 2.45) is 0 Å². The smallest absolute Gasteiger partial charge is 0.0213 e. The van der Waals surface area contributed by atoms with Gasteiger partial charge in [-0.05, 0) is 50.4 Å². The van der Waals surface area contributed by atoms with Gasteiger partial charge in [0.05, 0.1) is 0 Å². The van der Waals surface area contributed by atoms with E-state index in [4.69, 9.17) is 0 Å². The summed E-state index contributed by atoms with van der Waals surface area (Å²) >= 11 is 0. The molecule has 0 saturated carbocycles. The third kappa shape index (κ3) is 4.63. The van der Waals surface area contributed by atoms with E-state index in [9.17, 15) is 0 Å². The summed E-state index contributed by atoms with van der Waals surface area (Å²) in [5.74, 6) is 0. The third-order valence-corrected chi connectivity index (χ3v) is 4.45. The Kier molecular flexibility index (Phi) is 7.11. The Bertz CT molecular complexity index is 348. The van der Waals surface area contributed by atoms with E-state index in [-0.39, 0.29) is 0 Å². The second-order valence-corrected chi connectivity index (χ2v) is 5.32. The van der Waals surface area contributed by atoms with Crippen molar-refractivity contribution >= 4 is 0 Å². The van der Waals surface area contributed by atoms with Crippen molar-refractivity contribution in [2.45, 2.75) is 58.5 Å². The van der Waals surface area contributed by atoms with Crippen molar-refractivity contribution in [3.05, 3.63) is 35.4 Å². The molecule has 2 nitrogen and oxygen atoms in total. The first-order valence-corrected chi connectivity index (χ1v) is 7.67. The third-order valence-electron chi connectivity index (χ3n) is 4.45. The molecule has 108 valence electrons. The first-order valence-electron chi connectivity index (χ1n) is 7.67. The molecule has 0 fully saturated rings. The average molecular weight is 262 g/mol. The lowest BCUT2D eigenvalue weighted by molar-refractivity contribution is 0.287. The molecule has 19 heavy (non-hydrogen) atoms. The Morgan fingerprint density at radius 1 is 0.947 bits per heavy atom. The minimum atomic E-state index is 0.302. The number of hydrogen-bond donors (Lipinski definition) is 2. The van der Waals surface area contributed by atoms with E-state index in [2.05, 4.69) is 55.7 Å². The van der Waals surface area contributed by atoms with Gasteiger partial charge in [-0.25, -0.2) is 0 Å². The van der Waals surface area contributed by atoms with E-state index in [0.29, 0.717) is 5.54 Å². The van der Waals surface area contributed by atoms with Gasteiger partial charge in [0.2, 0.25) is 0 Å². The van der Waals surface area contributed by atoms with Gasteiger partial charge in [-0.1, -0.05) is 45.0 Å². The summed E-state index contributed by atoms with van der Waals surface area (Å²) in [6.07, 6.45) is 4.68. The van der Waals surface area contributed by atoms with E-state index >= 15 is 0 Å². The van der Waals surface area contributed by atoms with Crippen LogP contribution in [-0.2, 0) is 13.0 Å². The summed E-state index contributed by atoms with van der Waals surface area (Å²) in [4.78, 5) is 0. The molecule has 2 heteroatoms. The Morgan fingerprint density at radius 3 is 2.05 bits per heavy atom. The molecule has 0 saturated heterocycles. The van der Waals surface area contributed by atoms with Gasteiger partial charge in [0.1, 0.15) is 0 Å². The van der Waals surface area contributed by atoms with Crippen LogP contribution in [0.5, 0.6) is 0 Å². The summed E-state index contributed by atoms with van der Waals surface area (Å²) in [6.45, 7) is 8.87. The van der Waals surface area contributed by atoms with Crippen LogP contribution in [-0.4, -0.2) is 19.1 Å². The number of benzene rings is 1. The number of hydrogen-bond acceptors (Lipinski definition) is 2. The van der Waals surface area contributed by atoms with Crippen LogP contribution < -0.4 is 10.6 Å². The number of nitrogens with one attached hydrogen (secondary N) is 2.